The van der Waals surface area contributed by atoms with E-state index in [0.29, 0.717) is 12.5 Å². The molecular formula is C15H22N2O4. The van der Waals surface area contributed by atoms with E-state index in [9.17, 15) is 14.7 Å². The molecule has 1 amide bonds. The molecule has 1 aromatic rings. The maximum atomic E-state index is 12.0. The molecule has 0 aliphatic heterocycles. The van der Waals surface area contributed by atoms with Gasteiger partial charge < -0.3 is 21.3 Å². The molecule has 0 bridgehead atoms. The Kier molecular flexibility index (Phi) is 6.17. The molecule has 0 unspecified atom stereocenters. The Morgan fingerprint density at radius 1 is 1.33 bits per heavy atom. The highest BCUT2D eigenvalue weighted by molar-refractivity contribution is 5.95. The van der Waals surface area contributed by atoms with Crippen LogP contribution in [-0.2, 0) is 4.79 Å². The number of hydrogen-bond acceptors (Lipinski definition) is 4. The van der Waals surface area contributed by atoms with Crippen molar-refractivity contribution in [1.29, 1.82) is 0 Å². The minimum absolute atomic E-state index is 0.000607. The number of phenolic OH excluding ortho intramolecular Hbond substituents is 1. The number of phenols is 1. The SMILES string of the molecule is CC(C)C[C@H](CN)CC(=O)Nc1cc(C(=O)O)ccc1O. The number of carbonyl (C=O) groups excluding carboxylic acids is 1. The summed E-state index contributed by atoms with van der Waals surface area (Å²) in [4.78, 5) is 22.9. The van der Waals surface area contributed by atoms with Crippen LogP contribution in [0.2, 0.25) is 0 Å². The van der Waals surface area contributed by atoms with Crippen LogP contribution in [0.15, 0.2) is 18.2 Å². The second-order valence-electron chi connectivity index (χ2n) is 5.52. The number of carbonyl (C=O) groups is 2. The molecule has 0 aliphatic rings. The van der Waals surface area contributed by atoms with E-state index >= 15 is 0 Å². The average molecular weight is 294 g/mol. The molecule has 0 heterocycles. The Bertz CT molecular complexity index is 514. The third-order valence-corrected chi connectivity index (χ3v) is 3.13. The van der Waals surface area contributed by atoms with Crippen molar-refractivity contribution in [2.75, 3.05) is 11.9 Å². The molecule has 0 aromatic heterocycles. The number of carboxylic acids is 1. The lowest BCUT2D eigenvalue weighted by Gasteiger charge is -2.17. The van der Waals surface area contributed by atoms with Gasteiger partial charge in [0.05, 0.1) is 11.3 Å². The number of aromatic hydroxyl groups is 1. The van der Waals surface area contributed by atoms with Crippen LogP contribution in [0.4, 0.5) is 5.69 Å². The van der Waals surface area contributed by atoms with E-state index in [2.05, 4.69) is 19.2 Å². The van der Waals surface area contributed by atoms with Crippen molar-refractivity contribution >= 4 is 17.6 Å². The first-order valence-electron chi connectivity index (χ1n) is 6.89. The van der Waals surface area contributed by atoms with Crippen molar-refractivity contribution in [2.24, 2.45) is 17.6 Å². The van der Waals surface area contributed by atoms with Crippen LogP contribution in [0.3, 0.4) is 0 Å². The summed E-state index contributed by atoms with van der Waals surface area (Å²) in [7, 11) is 0. The summed E-state index contributed by atoms with van der Waals surface area (Å²) in [6.45, 7) is 4.53. The fourth-order valence-corrected chi connectivity index (χ4v) is 2.16. The van der Waals surface area contributed by atoms with E-state index < -0.39 is 5.97 Å². The maximum absolute atomic E-state index is 12.0. The fourth-order valence-electron chi connectivity index (χ4n) is 2.16. The molecule has 6 heteroatoms. The number of nitrogens with two attached hydrogens (primary N) is 1. The second kappa shape index (κ2) is 7.64. The van der Waals surface area contributed by atoms with Gasteiger partial charge in [-0.2, -0.15) is 0 Å². The Morgan fingerprint density at radius 3 is 2.52 bits per heavy atom. The van der Waals surface area contributed by atoms with Crippen molar-refractivity contribution in [3.8, 4) is 5.75 Å². The number of carboxylic acid groups (broad SMARTS) is 1. The van der Waals surface area contributed by atoms with Gasteiger partial charge in [0.25, 0.3) is 0 Å². The zero-order valence-electron chi connectivity index (χ0n) is 12.3. The molecule has 5 N–H and O–H groups in total. The smallest absolute Gasteiger partial charge is 0.335 e. The Labute approximate surface area is 124 Å². The third-order valence-electron chi connectivity index (χ3n) is 3.13. The van der Waals surface area contributed by atoms with Crippen LogP contribution in [-0.4, -0.2) is 28.6 Å². The molecule has 0 radical (unpaired) electrons. The van der Waals surface area contributed by atoms with Crippen molar-refractivity contribution < 1.29 is 19.8 Å². The first-order chi connectivity index (χ1) is 9.83. The minimum Gasteiger partial charge on any atom is -0.506 e. The van der Waals surface area contributed by atoms with Gasteiger partial charge in [0.2, 0.25) is 5.91 Å². The Morgan fingerprint density at radius 2 is 2.00 bits per heavy atom. The summed E-state index contributed by atoms with van der Waals surface area (Å²) in [5, 5.41) is 21.1. The largest absolute Gasteiger partial charge is 0.506 e. The molecular weight excluding hydrogens is 272 g/mol. The molecule has 116 valence electrons. The van der Waals surface area contributed by atoms with Gasteiger partial charge in [-0.25, -0.2) is 4.79 Å². The standard InChI is InChI=1S/C15H22N2O4/c1-9(2)5-10(8-16)6-14(19)17-12-7-11(15(20)21)3-4-13(12)18/h3-4,7,9-10,18H,5-6,8,16H2,1-2H3,(H,17,19)(H,20,21)/t10-/m0/s1. The lowest BCUT2D eigenvalue weighted by molar-refractivity contribution is -0.117. The molecule has 1 rings (SSSR count). The van der Waals surface area contributed by atoms with Gasteiger partial charge in [-0.15, -0.1) is 0 Å². The Hall–Kier alpha value is -2.08. The highest BCUT2D eigenvalue weighted by atomic mass is 16.4. The lowest BCUT2D eigenvalue weighted by atomic mass is 9.94. The number of aromatic carboxylic acids is 1. The zero-order valence-corrected chi connectivity index (χ0v) is 12.3. The van der Waals surface area contributed by atoms with Crippen molar-refractivity contribution in [3.05, 3.63) is 23.8 Å². The van der Waals surface area contributed by atoms with Gasteiger partial charge >= 0.3 is 5.97 Å². The van der Waals surface area contributed by atoms with Gasteiger partial charge in [-0.3, -0.25) is 4.79 Å². The van der Waals surface area contributed by atoms with Gasteiger partial charge in [0.15, 0.2) is 0 Å². The molecule has 21 heavy (non-hydrogen) atoms. The molecule has 0 spiro atoms. The average Bonchev–Trinajstić information content (AvgIpc) is 2.39. The van der Waals surface area contributed by atoms with Crippen molar-refractivity contribution in [3.63, 3.8) is 0 Å². The van der Waals surface area contributed by atoms with Gasteiger partial charge in [-0.05, 0) is 43.0 Å². The highest BCUT2D eigenvalue weighted by Gasteiger charge is 2.16. The summed E-state index contributed by atoms with van der Waals surface area (Å²) in [5.41, 5.74) is 5.75. The number of nitrogens with one attached hydrogen (secondary N) is 1. The van der Waals surface area contributed by atoms with Crippen molar-refractivity contribution in [1.82, 2.24) is 0 Å². The topological polar surface area (TPSA) is 113 Å². The number of amides is 1. The Balaban J connectivity index is 2.74. The van der Waals surface area contributed by atoms with E-state index in [-0.39, 0.29) is 35.2 Å². The zero-order chi connectivity index (χ0) is 16.0. The van der Waals surface area contributed by atoms with Crippen molar-refractivity contribution in [2.45, 2.75) is 26.7 Å². The van der Waals surface area contributed by atoms with E-state index in [1.807, 2.05) is 0 Å². The van der Waals surface area contributed by atoms with E-state index in [1.165, 1.54) is 18.2 Å². The first-order valence-corrected chi connectivity index (χ1v) is 6.89. The molecule has 1 aromatic carbocycles. The summed E-state index contributed by atoms with van der Waals surface area (Å²) < 4.78 is 0. The summed E-state index contributed by atoms with van der Waals surface area (Å²) in [6, 6.07) is 3.75. The predicted octanol–water partition coefficient (Wildman–Crippen LogP) is 2.04. The number of rotatable bonds is 7. The quantitative estimate of drug-likeness (QED) is 0.575. The first kappa shape index (κ1) is 17.0. The van der Waals surface area contributed by atoms with Gasteiger partial charge in [-0.1, -0.05) is 13.8 Å². The van der Waals surface area contributed by atoms with Crippen LogP contribution in [0.1, 0.15) is 37.0 Å². The highest BCUT2D eigenvalue weighted by Crippen LogP contribution is 2.25. The van der Waals surface area contributed by atoms with Gasteiger partial charge in [0.1, 0.15) is 5.75 Å². The minimum atomic E-state index is -1.12. The summed E-state index contributed by atoms with van der Waals surface area (Å²) in [6.07, 6.45) is 1.08. The van der Waals surface area contributed by atoms with E-state index in [1.54, 1.807) is 0 Å². The van der Waals surface area contributed by atoms with Crippen LogP contribution in [0, 0.1) is 11.8 Å². The van der Waals surface area contributed by atoms with Crippen LogP contribution in [0.5, 0.6) is 5.75 Å². The van der Waals surface area contributed by atoms with Crippen LogP contribution < -0.4 is 11.1 Å². The normalized spacial score (nSPS) is 12.2. The van der Waals surface area contributed by atoms with Gasteiger partial charge in [0, 0.05) is 6.42 Å². The molecule has 1 atom stereocenters. The van der Waals surface area contributed by atoms with Crippen LogP contribution >= 0.6 is 0 Å². The van der Waals surface area contributed by atoms with Crippen LogP contribution in [0.25, 0.3) is 0 Å². The predicted molar refractivity (Wildman–Crippen MR) is 80.3 cm³/mol. The van der Waals surface area contributed by atoms with E-state index in [4.69, 9.17) is 10.8 Å². The maximum Gasteiger partial charge on any atom is 0.335 e. The fraction of sp³-hybridized carbons (Fsp3) is 0.467. The lowest BCUT2D eigenvalue weighted by Crippen LogP contribution is -2.23. The molecule has 0 saturated carbocycles. The monoisotopic (exact) mass is 294 g/mol. The second-order valence-corrected chi connectivity index (χ2v) is 5.52. The molecule has 6 nitrogen and oxygen atoms in total. The molecule has 0 fully saturated rings. The third kappa shape index (κ3) is 5.43. The number of hydrogen-bond donors (Lipinski definition) is 4. The molecule has 0 saturated heterocycles. The van der Waals surface area contributed by atoms with E-state index in [0.717, 1.165) is 6.42 Å². The summed E-state index contributed by atoms with van der Waals surface area (Å²) >= 11 is 0. The summed E-state index contributed by atoms with van der Waals surface area (Å²) in [5.74, 6) is -1.07. The molecule has 0 aliphatic carbocycles. The number of benzene rings is 1. The number of anilines is 1.